The molecule has 0 unspecified atom stereocenters. The molecular weight excluding hydrogens is 502 g/mol. The van der Waals surface area contributed by atoms with Gasteiger partial charge in [-0.25, -0.2) is 0 Å². The van der Waals surface area contributed by atoms with Crippen molar-refractivity contribution < 1.29 is 79.8 Å². The number of aromatic nitrogens is 8. The van der Waals surface area contributed by atoms with E-state index in [9.17, 15) is 0 Å². The molecule has 0 N–H and O–H groups in total. The summed E-state index contributed by atoms with van der Waals surface area (Å²) in [5, 5.41) is 24.0. The second-order valence-corrected chi connectivity index (χ2v) is 7.82. The Labute approximate surface area is 254 Å². The molecular formula is C18H38BKN10O6. The zero-order valence-corrected chi connectivity index (χ0v) is 25.5. The Morgan fingerprint density at radius 2 is 0.778 bits per heavy atom. The Morgan fingerprint density at radius 3 is 0.972 bits per heavy atom. The molecule has 16 nitrogen and oxygen atoms in total. The van der Waals surface area contributed by atoms with Crippen molar-refractivity contribution in [1.82, 2.24) is 40.2 Å². The van der Waals surface area contributed by atoms with Crippen LogP contribution in [0.15, 0.2) is 0 Å². The summed E-state index contributed by atoms with van der Waals surface area (Å²) in [4.78, 5) is 3.57. The summed E-state index contributed by atoms with van der Waals surface area (Å²) in [7, 11) is 6.53. The van der Waals surface area contributed by atoms with Gasteiger partial charge >= 0.3 is 51.4 Å². The Hall–Kier alpha value is -0.799. The van der Waals surface area contributed by atoms with Gasteiger partial charge in [0, 0.05) is 28.2 Å². The summed E-state index contributed by atoms with van der Waals surface area (Å²) in [6, 6.07) is 0. The topological polar surface area (TPSA) is 149 Å². The zero-order chi connectivity index (χ0) is 25.1. The van der Waals surface area contributed by atoms with E-state index in [0.29, 0.717) is 91.2 Å². The predicted octanol–water partition coefficient (Wildman–Crippen LogP) is -5.71. The third kappa shape index (κ3) is 15.5. The fourth-order valence-electron chi connectivity index (χ4n) is 2.56. The van der Waals surface area contributed by atoms with Crippen LogP contribution in [0.4, 0.5) is 11.9 Å². The number of tetrazole rings is 2. The van der Waals surface area contributed by atoms with Gasteiger partial charge in [0.2, 0.25) is 7.55 Å². The normalized spacial score (nSPS) is 17.0. The molecule has 3 rings (SSSR count). The monoisotopic (exact) mass is 540 g/mol. The van der Waals surface area contributed by atoms with Crippen molar-refractivity contribution in [3.8, 4) is 0 Å². The minimum Gasteiger partial charge on any atom is -0.377 e. The molecule has 0 radical (unpaired) electrons. The molecule has 200 valence electrons. The van der Waals surface area contributed by atoms with Gasteiger partial charge < -0.3 is 47.6 Å². The molecule has 0 atom stereocenters. The van der Waals surface area contributed by atoms with E-state index in [1.807, 2.05) is 28.2 Å². The summed E-state index contributed by atoms with van der Waals surface area (Å²) in [6.07, 6.45) is 0. The van der Waals surface area contributed by atoms with Gasteiger partial charge in [0.15, 0.2) is 0 Å². The average Bonchev–Trinajstić information content (AvgIpc) is 3.50. The number of nitrogens with zero attached hydrogens (tertiary/aromatic N) is 10. The van der Waals surface area contributed by atoms with Crippen molar-refractivity contribution in [2.75, 3.05) is 117 Å². The molecule has 0 spiro atoms. The Morgan fingerprint density at radius 1 is 0.528 bits per heavy atom. The van der Waals surface area contributed by atoms with Crippen LogP contribution in [0, 0.1) is 0 Å². The largest absolute Gasteiger partial charge is 1.00 e. The standard InChI is InChI=1S/C12H24O6.C6H14BN10.K/c1-2-14-5-6-16-9-10-18-12-11-17-8-7-15-4-3-13-1;1-14(2)5-8-12-16(10-5)7-17-11-6(9-13-17)15(3)4;/h1-12H2;7H2,1-4H3;/q;-1;+1. The molecule has 1 aliphatic heterocycles. The van der Waals surface area contributed by atoms with Gasteiger partial charge in [-0.1, -0.05) is 20.6 Å². The molecule has 0 amide bonds. The smallest absolute Gasteiger partial charge is 0.377 e. The minimum absolute atomic E-state index is 0. The van der Waals surface area contributed by atoms with Crippen molar-refractivity contribution in [2.24, 2.45) is 0 Å². The molecule has 3 heterocycles. The van der Waals surface area contributed by atoms with Crippen LogP contribution < -0.4 is 61.2 Å². The van der Waals surface area contributed by atoms with E-state index in [4.69, 9.17) is 28.4 Å². The van der Waals surface area contributed by atoms with E-state index in [1.165, 1.54) is 9.42 Å². The van der Waals surface area contributed by atoms with Crippen LogP contribution in [-0.4, -0.2) is 155 Å². The number of hydrogen-bond acceptors (Lipinski definition) is 14. The van der Waals surface area contributed by atoms with E-state index in [2.05, 4.69) is 30.8 Å². The summed E-state index contributed by atoms with van der Waals surface area (Å²) in [5.74, 6) is 1.14. The van der Waals surface area contributed by atoms with E-state index in [0.717, 1.165) is 0 Å². The number of hydrogen-bond donors (Lipinski definition) is 0. The second-order valence-electron chi connectivity index (χ2n) is 7.82. The summed E-state index contributed by atoms with van der Waals surface area (Å²) >= 11 is 0. The van der Waals surface area contributed by atoms with Gasteiger partial charge in [-0.3, -0.25) is 0 Å². The van der Waals surface area contributed by atoms with E-state index in [1.54, 1.807) is 9.80 Å². The summed E-state index contributed by atoms with van der Waals surface area (Å²) in [5.41, 5.74) is 0. The Balaban J connectivity index is 0.000000351. The maximum atomic E-state index is 5.33. The quantitative estimate of drug-likeness (QED) is 0.339. The zero-order valence-electron chi connectivity index (χ0n) is 22.4. The van der Waals surface area contributed by atoms with Crippen molar-refractivity contribution >= 4 is 19.4 Å². The Bertz CT molecular complexity index is 668. The average molecular weight is 540 g/mol. The maximum Gasteiger partial charge on any atom is 1.00 e. The molecule has 1 aliphatic rings. The van der Waals surface area contributed by atoms with Crippen LogP contribution in [0.3, 0.4) is 0 Å². The fourth-order valence-corrected chi connectivity index (χ4v) is 2.56. The predicted molar refractivity (Wildman–Crippen MR) is 129 cm³/mol. The molecule has 0 bridgehead atoms. The first-order chi connectivity index (χ1) is 17.1. The van der Waals surface area contributed by atoms with Crippen LogP contribution in [0.1, 0.15) is 0 Å². The first-order valence-electron chi connectivity index (χ1n) is 11.7. The number of ether oxygens (including phenoxy) is 6. The van der Waals surface area contributed by atoms with Gasteiger partial charge in [0.25, 0.3) is 11.9 Å². The molecule has 18 heteroatoms. The molecule has 36 heavy (non-hydrogen) atoms. The van der Waals surface area contributed by atoms with Crippen molar-refractivity contribution in [1.29, 1.82) is 0 Å². The van der Waals surface area contributed by atoms with Crippen LogP contribution in [0.5, 0.6) is 0 Å². The third-order valence-electron chi connectivity index (χ3n) is 4.39. The molecule has 1 saturated heterocycles. The fraction of sp³-hybridized carbons (Fsp3) is 0.889. The maximum absolute atomic E-state index is 5.33. The van der Waals surface area contributed by atoms with Gasteiger partial charge in [0.1, 0.15) is 0 Å². The van der Waals surface area contributed by atoms with Gasteiger partial charge in [0.05, 0.1) is 79.3 Å². The molecule has 2 aromatic rings. The summed E-state index contributed by atoms with van der Waals surface area (Å²) < 4.78 is 35.0. The Kier molecular flexibility index (Phi) is 19.5. The number of rotatable bonds is 4. The van der Waals surface area contributed by atoms with Gasteiger partial charge in [-0.15, -0.1) is 0 Å². The van der Waals surface area contributed by atoms with Gasteiger partial charge in [-0.2, -0.15) is 10.2 Å². The van der Waals surface area contributed by atoms with Crippen LogP contribution in [0.25, 0.3) is 0 Å². The van der Waals surface area contributed by atoms with Crippen molar-refractivity contribution in [3.05, 3.63) is 0 Å². The first-order valence-corrected chi connectivity index (χ1v) is 11.7. The van der Waals surface area contributed by atoms with E-state index >= 15 is 0 Å². The third-order valence-corrected chi connectivity index (χ3v) is 4.39. The minimum atomic E-state index is -0.913. The van der Waals surface area contributed by atoms with E-state index < -0.39 is 7.55 Å². The molecule has 0 aromatic carbocycles. The van der Waals surface area contributed by atoms with E-state index in [-0.39, 0.29) is 51.4 Å². The van der Waals surface area contributed by atoms with Crippen LogP contribution in [0.2, 0.25) is 0 Å². The summed E-state index contributed by atoms with van der Waals surface area (Å²) in [6.45, 7) is 7.04. The van der Waals surface area contributed by atoms with Crippen LogP contribution >= 0.6 is 0 Å². The van der Waals surface area contributed by atoms with Crippen molar-refractivity contribution in [2.45, 2.75) is 0 Å². The SMILES string of the molecule is C1COCCOCCOCCOCCOCCO1.CN(C)c1nnn([BH2-]n2nnc(N(C)C)n2)n1.[K+]. The second kappa shape index (κ2) is 21.2. The molecule has 1 fully saturated rings. The van der Waals surface area contributed by atoms with Crippen LogP contribution in [-0.2, 0) is 28.4 Å². The first kappa shape index (κ1) is 33.2. The molecule has 0 aliphatic carbocycles. The van der Waals surface area contributed by atoms with Gasteiger partial charge in [-0.05, 0) is 0 Å². The van der Waals surface area contributed by atoms with Crippen molar-refractivity contribution in [3.63, 3.8) is 0 Å². The molecule has 2 aromatic heterocycles. The number of anilines is 2. The molecule has 0 saturated carbocycles.